The number of halogens is 1. The number of amides is 1. The highest BCUT2D eigenvalue weighted by atomic mass is 32.2. The summed E-state index contributed by atoms with van der Waals surface area (Å²) in [7, 11) is -3.83. The molecule has 0 radical (unpaired) electrons. The summed E-state index contributed by atoms with van der Waals surface area (Å²) in [6.07, 6.45) is 2.39. The van der Waals surface area contributed by atoms with Crippen molar-refractivity contribution in [2.75, 3.05) is 4.72 Å². The number of nitrogens with zero attached hydrogens (tertiary/aromatic N) is 4. The van der Waals surface area contributed by atoms with Crippen molar-refractivity contribution in [2.24, 2.45) is 0 Å². The van der Waals surface area contributed by atoms with Crippen LogP contribution in [0.1, 0.15) is 36.0 Å². The summed E-state index contributed by atoms with van der Waals surface area (Å²) in [6.45, 7) is 4.39. The highest BCUT2D eigenvalue weighted by molar-refractivity contribution is 7.93. The van der Waals surface area contributed by atoms with Gasteiger partial charge in [-0.2, -0.15) is 0 Å². The van der Waals surface area contributed by atoms with Crippen LogP contribution in [0.25, 0.3) is 10.9 Å². The van der Waals surface area contributed by atoms with Crippen LogP contribution in [0.4, 0.5) is 9.52 Å². The van der Waals surface area contributed by atoms with E-state index in [0.717, 1.165) is 16.1 Å². The van der Waals surface area contributed by atoms with Crippen molar-refractivity contribution < 1.29 is 17.6 Å². The molecule has 11 heteroatoms. The number of fused-ring (bicyclic) bond motifs is 2. The average Bonchev–Trinajstić information content (AvgIpc) is 3.55. The number of carbonyl (C=O) groups is 1. The number of benzene rings is 2. The Morgan fingerprint density at radius 1 is 1.18 bits per heavy atom. The molecule has 5 rings (SSSR count). The van der Waals surface area contributed by atoms with Crippen molar-refractivity contribution in [1.82, 2.24) is 19.7 Å². The molecule has 1 N–H and O–H groups in total. The fourth-order valence-corrected chi connectivity index (χ4v) is 6.14. The van der Waals surface area contributed by atoms with E-state index in [0.29, 0.717) is 30.4 Å². The van der Waals surface area contributed by atoms with Crippen molar-refractivity contribution in [2.45, 2.75) is 44.3 Å². The molecule has 4 aromatic rings. The summed E-state index contributed by atoms with van der Waals surface area (Å²) >= 11 is 1.20. The van der Waals surface area contributed by atoms with Gasteiger partial charge in [0.25, 0.3) is 10.0 Å². The summed E-state index contributed by atoms with van der Waals surface area (Å²) in [6, 6.07) is 10.8. The topological polar surface area (TPSA) is 97.2 Å². The van der Waals surface area contributed by atoms with Crippen LogP contribution in [0.5, 0.6) is 0 Å². The second-order valence-electron chi connectivity index (χ2n) is 8.16. The zero-order valence-corrected chi connectivity index (χ0v) is 20.2. The van der Waals surface area contributed by atoms with Crippen LogP contribution < -0.4 is 4.72 Å². The first kappa shape index (κ1) is 22.5. The third-order valence-corrected chi connectivity index (χ3v) is 8.45. The first-order valence-electron chi connectivity index (χ1n) is 10.8. The summed E-state index contributed by atoms with van der Waals surface area (Å²) < 4.78 is 44.0. The van der Waals surface area contributed by atoms with Crippen LogP contribution in [0.2, 0.25) is 0 Å². The second-order valence-corrected chi connectivity index (χ2v) is 10.9. The van der Waals surface area contributed by atoms with E-state index in [1.165, 1.54) is 23.5 Å². The number of anilines is 1. The largest absolute Gasteiger partial charge is 0.335 e. The molecule has 0 fully saturated rings. The van der Waals surface area contributed by atoms with Gasteiger partial charge < -0.3 is 9.47 Å². The van der Waals surface area contributed by atoms with Crippen LogP contribution in [-0.2, 0) is 34.3 Å². The number of sulfonamides is 1. The third kappa shape index (κ3) is 3.94. The number of carbonyl (C=O) groups excluding carboxylic acids is 1. The van der Waals surface area contributed by atoms with Crippen molar-refractivity contribution in [1.29, 1.82) is 0 Å². The van der Waals surface area contributed by atoms with E-state index in [1.807, 2.05) is 6.92 Å². The van der Waals surface area contributed by atoms with E-state index >= 15 is 0 Å². The molecule has 2 aromatic carbocycles. The Morgan fingerprint density at radius 2 is 1.97 bits per heavy atom. The molecular weight excluding hydrogens is 477 g/mol. The van der Waals surface area contributed by atoms with Gasteiger partial charge in [0.2, 0.25) is 11.0 Å². The number of nitrogens with one attached hydrogen (secondary N) is 1. The van der Waals surface area contributed by atoms with Gasteiger partial charge in [-0.3, -0.25) is 9.52 Å². The van der Waals surface area contributed by atoms with Gasteiger partial charge in [0.05, 0.1) is 10.4 Å². The Bertz CT molecular complexity index is 1510. The standard InChI is InChI=1S/C23H22FN5O3S2/c1-3-21-25-26-23(33-21)27-34(31,32)17-8-7-15-12-28(13-16(15)11-17)22(30)14(2)29-10-9-18-19(24)5-4-6-20(18)29/h4-11,14H,3,12-13H2,1-2H3,(H,26,27)/t14-/m1/s1. The number of hydrogen-bond acceptors (Lipinski definition) is 6. The molecule has 34 heavy (non-hydrogen) atoms. The molecule has 1 amide bonds. The molecule has 1 atom stereocenters. The normalized spacial score (nSPS) is 14.4. The SMILES string of the molecule is CCc1nnc(NS(=O)(=O)c2ccc3c(c2)CN(C(=O)[C@@H](C)n2ccc4c(F)cccc42)C3)s1. The Hall–Kier alpha value is -3.31. The lowest BCUT2D eigenvalue weighted by Crippen LogP contribution is -2.32. The van der Waals surface area contributed by atoms with Gasteiger partial charge >= 0.3 is 0 Å². The molecule has 2 aromatic heterocycles. The summed E-state index contributed by atoms with van der Waals surface area (Å²) in [5, 5.41) is 9.24. The Kier molecular flexibility index (Phi) is 5.61. The number of hydrogen-bond donors (Lipinski definition) is 1. The molecule has 8 nitrogen and oxygen atoms in total. The monoisotopic (exact) mass is 499 g/mol. The molecule has 0 saturated carbocycles. The molecule has 176 valence electrons. The summed E-state index contributed by atoms with van der Waals surface area (Å²) in [4.78, 5) is 15.0. The fraction of sp³-hybridized carbons (Fsp3) is 0.261. The zero-order valence-electron chi connectivity index (χ0n) is 18.5. The second kappa shape index (κ2) is 8.48. The molecule has 0 bridgehead atoms. The molecular formula is C23H22FN5O3S2. The van der Waals surface area contributed by atoms with E-state index in [4.69, 9.17) is 0 Å². The molecule has 3 heterocycles. The minimum Gasteiger partial charge on any atom is -0.335 e. The van der Waals surface area contributed by atoms with Crippen LogP contribution in [0.15, 0.2) is 53.6 Å². The van der Waals surface area contributed by atoms with Gasteiger partial charge in [-0.05, 0) is 54.8 Å². The lowest BCUT2D eigenvalue weighted by molar-refractivity contribution is -0.134. The van der Waals surface area contributed by atoms with Gasteiger partial charge in [0.15, 0.2) is 0 Å². The summed E-state index contributed by atoms with van der Waals surface area (Å²) in [5.41, 5.74) is 2.32. The van der Waals surface area contributed by atoms with Gasteiger partial charge in [-0.1, -0.05) is 30.4 Å². The Labute approximate surface area is 200 Å². The maximum absolute atomic E-state index is 14.1. The van der Waals surface area contributed by atoms with Crippen LogP contribution in [0, 0.1) is 5.82 Å². The Morgan fingerprint density at radius 3 is 2.74 bits per heavy atom. The molecule has 0 unspecified atom stereocenters. The highest BCUT2D eigenvalue weighted by Gasteiger charge is 2.29. The lowest BCUT2D eigenvalue weighted by atomic mass is 10.1. The lowest BCUT2D eigenvalue weighted by Gasteiger charge is -2.22. The zero-order chi connectivity index (χ0) is 24.0. The predicted molar refractivity (Wildman–Crippen MR) is 127 cm³/mol. The smallest absolute Gasteiger partial charge is 0.263 e. The molecule has 0 saturated heterocycles. The average molecular weight is 500 g/mol. The molecule has 0 aliphatic carbocycles. The highest BCUT2D eigenvalue weighted by Crippen LogP contribution is 2.30. The van der Waals surface area contributed by atoms with E-state index in [1.54, 1.807) is 52.9 Å². The van der Waals surface area contributed by atoms with E-state index < -0.39 is 16.1 Å². The molecule has 1 aliphatic heterocycles. The maximum atomic E-state index is 14.1. The third-order valence-electron chi connectivity index (χ3n) is 6.00. The van der Waals surface area contributed by atoms with E-state index in [2.05, 4.69) is 14.9 Å². The predicted octanol–water partition coefficient (Wildman–Crippen LogP) is 4.10. The van der Waals surface area contributed by atoms with Crippen molar-refractivity contribution in [3.63, 3.8) is 0 Å². The van der Waals surface area contributed by atoms with E-state index in [-0.39, 0.29) is 21.8 Å². The van der Waals surface area contributed by atoms with Gasteiger partial charge in [0, 0.05) is 24.7 Å². The first-order chi connectivity index (χ1) is 16.3. The van der Waals surface area contributed by atoms with Crippen LogP contribution in [-0.4, -0.2) is 34.0 Å². The van der Waals surface area contributed by atoms with Crippen molar-refractivity contribution in [3.8, 4) is 0 Å². The fourth-order valence-electron chi connectivity index (χ4n) is 4.18. The van der Waals surface area contributed by atoms with Crippen LogP contribution in [0.3, 0.4) is 0 Å². The number of aryl methyl sites for hydroxylation is 1. The minimum atomic E-state index is -3.83. The van der Waals surface area contributed by atoms with E-state index in [9.17, 15) is 17.6 Å². The van der Waals surface area contributed by atoms with Gasteiger partial charge in [-0.15, -0.1) is 10.2 Å². The minimum absolute atomic E-state index is 0.105. The first-order valence-corrected chi connectivity index (χ1v) is 13.1. The molecule has 0 spiro atoms. The van der Waals surface area contributed by atoms with Gasteiger partial charge in [0.1, 0.15) is 16.9 Å². The van der Waals surface area contributed by atoms with Crippen molar-refractivity contribution >= 4 is 43.3 Å². The van der Waals surface area contributed by atoms with Crippen LogP contribution >= 0.6 is 11.3 Å². The quantitative estimate of drug-likeness (QED) is 0.431. The van der Waals surface area contributed by atoms with Crippen molar-refractivity contribution in [3.05, 3.63) is 70.6 Å². The molecule has 1 aliphatic rings. The Balaban J connectivity index is 1.34. The maximum Gasteiger partial charge on any atom is 0.263 e. The summed E-state index contributed by atoms with van der Waals surface area (Å²) in [5.74, 6) is -0.451. The van der Waals surface area contributed by atoms with Gasteiger partial charge in [-0.25, -0.2) is 12.8 Å². The number of aromatic nitrogens is 3. The number of rotatable bonds is 6.